The standard InChI is InChI=1S/C16H21S/c1-12(2)17(13(3)4)16-11-7-9-14-8-5-6-10-15(14)16/h5-13H,1-4H3/q+1. The average Bonchev–Trinajstić information content (AvgIpc) is 2.28. The molecule has 0 amide bonds. The van der Waals surface area contributed by atoms with Crippen LogP contribution in [-0.2, 0) is 10.9 Å². The van der Waals surface area contributed by atoms with Crippen molar-refractivity contribution in [1.82, 2.24) is 0 Å². The van der Waals surface area contributed by atoms with E-state index in [2.05, 4.69) is 70.2 Å². The normalized spacial score (nSPS) is 11.9. The van der Waals surface area contributed by atoms with Gasteiger partial charge in [0.15, 0.2) is 4.90 Å². The Bertz CT molecular complexity index is 486. The van der Waals surface area contributed by atoms with Crippen LogP contribution in [0.2, 0.25) is 0 Å². The Morgan fingerprint density at radius 1 is 0.765 bits per heavy atom. The first-order chi connectivity index (χ1) is 8.11. The Hall–Kier alpha value is -0.950. The highest BCUT2D eigenvalue weighted by molar-refractivity contribution is 7.98. The molecule has 0 aromatic heterocycles. The molecule has 0 spiro atoms. The molecule has 0 nitrogen and oxygen atoms in total. The summed E-state index contributed by atoms with van der Waals surface area (Å²) in [5.74, 6) is 0. The fourth-order valence-electron chi connectivity index (χ4n) is 2.45. The summed E-state index contributed by atoms with van der Waals surface area (Å²) in [5.41, 5.74) is 0. The number of benzene rings is 2. The second kappa shape index (κ2) is 5.14. The lowest BCUT2D eigenvalue weighted by molar-refractivity contribution is 1.02. The van der Waals surface area contributed by atoms with Crippen LogP contribution < -0.4 is 0 Å². The lowest BCUT2D eigenvalue weighted by Crippen LogP contribution is -2.24. The average molecular weight is 245 g/mol. The summed E-state index contributed by atoms with van der Waals surface area (Å²) in [4.78, 5) is 1.54. The third kappa shape index (κ3) is 2.50. The molecule has 2 aromatic carbocycles. The van der Waals surface area contributed by atoms with Gasteiger partial charge in [-0.15, -0.1) is 0 Å². The highest BCUT2D eigenvalue weighted by Gasteiger charge is 2.31. The minimum atomic E-state index is 0.334. The van der Waals surface area contributed by atoms with Crippen LogP contribution in [0.15, 0.2) is 47.4 Å². The maximum Gasteiger partial charge on any atom is 0.163 e. The molecule has 0 fully saturated rings. The summed E-state index contributed by atoms with van der Waals surface area (Å²) in [6.45, 7) is 9.35. The first-order valence-electron chi connectivity index (χ1n) is 6.31. The highest BCUT2D eigenvalue weighted by Crippen LogP contribution is 2.30. The number of hydrogen-bond donors (Lipinski definition) is 0. The summed E-state index contributed by atoms with van der Waals surface area (Å²) in [5, 5.41) is 4.21. The van der Waals surface area contributed by atoms with Crippen LogP contribution in [0.1, 0.15) is 27.7 Å². The minimum Gasteiger partial charge on any atom is -0.0616 e. The Labute approximate surface area is 107 Å². The summed E-state index contributed by atoms with van der Waals surface area (Å²) in [7, 11) is 0.334. The Balaban J connectivity index is 2.61. The predicted octanol–water partition coefficient (Wildman–Crippen LogP) is 4.63. The van der Waals surface area contributed by atoms with Gasteiger partial charge in [-0.3, -0.25) is 0 Å². The van der Waals surface area contributed by atoms with Crippen LogP contribution in [-0.4, -0.2) is 10.5 Å². The molecule has 0 unspecified atom stereocenters. The van der Waals surface area contributed by atoms with E-state index >= 15 is 0 Å². The molecule has 17 heavy (non-hydrogen) atoms. The number of rotatable bonds is 3. The SMILES string of the molecule is CC(C)[S+](c1cccc2ccccc12)C(C)C. The van der Waals surface area contributed by atoms with Crippen molar-refractivity contribution in [3.05, 3.63) is 42.5 Å². The molecule has 0 aliphatic rings. The van der Waals surface area contributed by atoms with Gasteiger partial charge in [0.25, 0.3) is 0 Å². The molecule has 0 radical (unpaired) electrons. The fourth-order valence-corrected chi connectivity index (χ4v) is 5.23. The minimum absolute atomic E-state index is 0.334. The molecule has 0 saturated heterocycles. The molecule has 2 rings (SSSR count). The first kappa shape index (κ1) is 12.5. The fraction of sp³-hybridized carbons (Fsp3) is 0.375. The van der Waals surface area contributed by atoms with Crippen molar-refractivity contribution in [3.8, 4) is 0 Å². The van der Waals surface area contributed by atoms with E-state index in [0.717, 1.165) is 0 Å². The van der Waals surface area contributed by atoms with Gasteiger partial charge in [-0.2, -0.15) is 0 Å². The lowest BCUT2D eigenvalue weighted by atomic mass is 10.1. The molecule has 0 heterocycles. The molecule has 0 saturated carbocycles. The summed E-state index contributed by atoms with van der Waals surface area (Å²) >= 11 is 0. The quantitative estimate of drug-likeness (QED) is 0.691. The van der Waals surface area contributed by atoms with Crippen molar-refractivity contribution in [2.75, 3.05) is 0 Å². The van der Waals surface area contributed by atoms with E-state index in [0.29, 0.717) is 21.4 Å². The van der Waals surface area contributed by atoms with Gasteiger partial charge >= 0.3 is 0 Å². The topological polar surface area (TPSA) is 0 Å². The van der Waals surface area contributed by atoms with Gasteiger partial charge in [-0.25, -0.2) is 0 Å². The van der Waals surface area contributed by atoms with Crippen molar-refractivity contribution in [3.63, 3.8) is 0 Å². The van der Waals surface area contributed by atoms with E-state index < -0.39 is 0 Å². The second-order valence-corrected chi connectivity index (χ2v) is 8.02. The summed E-state index contributed by atoms with van der Waals surface area (Å²) < 4.78 is 0. The third-order valence-electron chi connectivity index (χ3n) is 3.02. The van der Waals surface area contributed by atoms with Gasteiger partial charge in [-0.1, -0.05) is 30.3 Å². The highest BCUT2D eigenvalue weighted by atomic mass is 32.2. The Kier molecular flexibility index (Phi) is 3.78. The molecule has 0 bridgehead atoms. The molecular formula is C16H21S+. The summed E-state index contributed by atoms with van der Waals surface area (Å²) in [6, 6.07) is 15.5. The predicted molar refractivity (Wildman–Crippen MR) is 79.9 cm³/mol. The zero-order valence-electron chi connectivity index (χ0n) is 11.1. The van der Waals surface area contributed by atoms with Gasteiger partial charge in [0.1, 0.15) is 10.5 Å². The van der Waals surface area contributed by atoms with Crippen molar-refractivity contribution < 1.29 is 0 Å². The Morgan fingerprint density at radius 3 is 2.00 bits per heavy atom. The van der Waals surface area contributed by atoms with Gasteiger partial charge in [0.2, 0.25) is 0 Å². The van der Waals surface area contributed by atoms with E-state index in [-0.39, 0.29) is 0 Å². The van der Waals surface area contributed by atoms with Crippen LogP contribution >= 0.6 is 0 Å². The van der Waals surface area contributed by atoms with Crippen LogP contribution in [0.4, 0.5) is 0 Å². The van der Waals surface area contributed by atoms with Crippen molar-refractivity contribution in [1.29, 1.82) is 0 Å². The molecule has 0 N–H and O–H groups in total. The van der Waals surface area contributed by atoms with E-state index in [9.17, 15) is 0 Å². The second-order valence-electron chi connectivity index (χ2n) is 4.95. The van der Waals surface area contributed by atoms with Crippen molar-refractivity contribution in [2.24, 2.45) is 0 Å². The first-order valence-corrected chi connectivity index (χ1v) is 7.66. The molecule has 0 aliphatic heterocycles. The van der Waals surface area contributed by atoms with E-state index in [1.165, 1.54) is 15.7 Å². The molecule has 2 aromatic rings. The molecule has 0 aliphatic carbocycles. The third-order valence-corrected chi connectivity index (χ3v) is 5.91. The zero-order chi connectivity index (χ0) is 12.4. The van der Waals surface area contributed by atoms with Crippen LogP contribution in [0.25, 0.3) is 10.8 Å². The van der Waals surface area contributed by atoms with Crippen LogP contribution in [0, 0.1) is 0 Å². The smallest absolute Gasteiger partial charge is 0.0616 e. The lowest BCUT2D eigenvalue weighted by Gasteiger charge is -2.17. The van der Waals surface area contributed by atoms with Gasteiger partial charge in [-0.05, 0) is 45.2 Å². The molecule has 1 heteroatoms. The molecule has 90 valence electrons. The molecular weight excluding hydrogens is 224 g/mol. The van der Waals surface area contributed by atoms with Crippen LogP contribution in [0.3, 0.4) is 0 Å². The van der Waals surface area contributed by atoms with Crippen LogP contribution in [0.5, 0.6) is 0 Å². The molecule has 0 atom stereocenters. The summed E-state index contributed by atoms with van der Waals surface area (Å²) in [6.07, 6.45) is 0. The zero-order valence-corrected chi connectivity index (χ0v) is 11.9. The van der Waals surface area contributed by atoms with Crippen molar-refractivity contribution >= 4 is 21.7 Å². The Morgan fingerprint density at radius 2 is 1.35 bits per heavy atom. The number of hydrogen-bond acceptors (Lipinski definition) is 0. The van der Waals surface area contributed by atoms with E-state index in [1.807, 2.05) is 0 Å². The van der Waals surface area contributed by atoms with Gasteiger partial charge in [0, 0.05) is 16.3 Å². The largest absolute Gasteiger partial charge is 0.163 e. The van der Waals surface area contributed by atoms with Crippen molar-refractivity contribution in [2.45, 2.75) is 43.1 Å². The van der Waals surface area contributed by atoms with E-state index in [4.69, 9.17) is 0 Å². The van der Waals surface area contributed by atoms with Gasteiger partial charge < -0.3 is 0 Å². The maximum absolute atomic E-state index is 2.34. The van der Waals surface area contributed by atoms with Gasteiger partial charge in [0.05, 0.1) is 0 Å². The van der Waals surface area contributed by atoms with E-state index in [1.54, 1.807) is 0 Å². The maximum atomic E-state index is 2.34. The number of fused-ring (bicyclic) bond motifs is 1. The monoisotopic (exact) mass is 245 g/mol.